The van der Waals surface area contributed by atoms with Crippen LogP contribution in [0.5, 0.6) is 0 Å². The Labute approximate surface area is 91.5 Å². The van der Waals surface area contributed by atoms with E-state index in [1.165, 1.54) is 19.3 Å². The van der Waals surface area contributed by atoms with Gasteiger partial charge in [0.2, 0.25) is 0 Å². The molecular formula is C13H28Si. The SMILES string of the molecule is CCC1CCC[Si](CC)(CC)C1CC. The summed E-state index contributed by atoms with van der Waals surface area (Å²) < 4.78 is 0. The summed E-state index contributed by atoms with van der Waals surface area (Å²) in [7, 11) is -0.844. The summed E-state index contributed by atoms with van der Waals surface area (Å²) in [6.07, 6.45) is 5.98. The molecule has 1 saturated heterocycles. The van der Waals surface area contributed by atoms with E-state index in [0.717, 1.165) is 11.5 Å². The van der Waals surface area contributed by atoms with Crippen molar-refractivity contribution in [1.29, 1.82) is 0 Å². The molecule has 0 nitrogen and oxygen atoms in total. The molecule has 0 aromatic heterocycles. The monoisotopic (exact) mass is 212 g/mol. The molecule has 0 radical (unpaired) electrons. The first-order valence-electron chi connectivity index (χ1n) is 6.74. The van der Waals surface area contributed by atoms with Crippen LogP contribution in [0.3, 0.4) is 0 Å². The smallest absolute Gasteiger partial charge is 0.0564 e. The molecule has 0 aromatic rings. The molecule has 1 heteroatoms. The van der Waals surface area contributed by atoms with E-state index in [2.05, 4.69) is 27.7 Å². The Bertz CT molecular complexity index is 161. The Hall–Kier alpha value is 0.217. The van der Waals surface area contributed by atoms with Crippen LogP contribution in [0, 0.1) is 5.92 Å². The van der Waals surface area contributed by atoms with Gasteiger partial charge in [0.15, 0.2) is 0 Å². The van der Waals surface area contributed by atoms with Gasteiger partial charge in [0.05, 0.1) is 8.07 Å². The lowest BCUT2D eigenvalue weighted by Gasteiger charge is -2.46. The van der Waals surface area contributed by atoms with Crippen molar-refractivity contribution in [2.45, 2.75) is 77.1 Å². The third kappa shape index (κ3) is 2.08. The predicted molar refractivity (Wildman–Crippen MR) is 68.6 cm³/mol. The molecule has 2 atom stereocenters. The summed E-state index contributed by atoms with van der Waals surface area (Å²) in [4.78, 5) is 0. The molecule has 0 aromatic carbocycles. The van der Waals surface area contributed by atoms with Crippen LogP contribution >= 0.6 is 0 Å². The molecule has 1 aliphatic heterocycles. The molecule has 0 aliphatic carbocycles. The van der Waals surface area contributed by atoms with Gasteiger partial charge in [0.25, 0.3) is 0 Å². The van der Waals surface area contributed by atoms with Crippen molar-refractivity contribution >= 4 is 8.07 Å². The quantitative estimate of drug-likeness (QED) is 0.570. The van der Waals surface area contributed by atoms with E-state index in [0.29, 0.717) is 0 Å². The van der Waals surface area contributed by atoms with Crippen LogP contribution in [0.4, 0.5) is 0 Å². The predicted octanol–water partition coefficient (Wildman–Crippen LogP) is 5.08. The van der Waals surface area contributed by atoms with Crippen molar-refractivity contribution in [3.05, 3.63) is 0 Å². The van der Waals surface area contributed by atoms with Crippen LogP contribution < -0.4 is 0 Å². The van der Waals surface area contributed by atoms with Crippen molar-refractivity contribution in [1.82, 2.24) is 0 Å². The van der Waals surface area contributed by atoms with Crippen molar-refractivity contribution in [3.63, 3.8) is 0 Å². The first kappa shape index (κ1) is 12.3. The van der Waals surface area contributed by atoms with Crippen molar-refractivity contribution in [3.8, 4) is 0 Å². The zero-order valence-electron chi connectivity index (χ0n) is 10.6. The van der Waals surface area contributed by atoms with Crippen LogP contribution in [0.25, 0.3) is 0 Å². The summed E-state index contributed by atoms with van der Waals surface area (Å²) in [6, 6.07) is 4.71. The van der Waals surface area contributed by atoms with E-state index in [9.17, 15) is 0 Å². The van der Waals surface area contributed by atoms with Crippen LogP contribution in [0.2, 0.25) is 23.7 Å². The van der Waals surface area contributed by atoms with Gasteiger partial charge in [-0.25, -0.2) is 0 Å². The van der Waals surface area contributed by atoms with Gasteiger partial charge < -0.3 is 0 Å². The molecule has 0 amide bonds. The fourth-order valence-electron chi connectivity index (χ4n) is 3.99. The summed E-state index contributed by atoms with van der Waals surface area (Å²) in [5.41, 5.74) is 1.15. The van der Waals surface area contributed by atoms with Gasteiger partial charge in [-0.1, -0.05) is 71.5 Å². The lowest BCUT2D eigenvalue weighted by atomic mass is 9.94. The third-order valence-corrected chi connectivity index (χ3v) is 11.6. The normalized spacial score (nSPS) is 31.7. The zero-order chi connectivity index (χ0) is 10.6. The maximum atomic E-state index is 2.47. The van der Waals surface area contributed by atoms with E-state index in [4.69, 9.17) is 0 Å². The Morgan fingerprint density at radius 1 is 1.00 bits per heavy atom. The van der Waals surface area contributed by atoms with Gasteiger partial charge in [-0.05, 0) is 11.5 Å². The van der Waals surface area contributed by atoms with Crippen molar-refractivity contribution < 1.29 is 0 Å². The zero-order valence-corrected chi connectivity index (χ0v) is 11.6. The van der Waals surface area contributed by atoms with Gasteiger partial charge >= 0.3 is 0 Å². The van der Waals surface area contributed by atoms with E-state index in [1.54, 1.807) is 24.6 Å². The molecular weight excluding hydrogens is 184 g/mol. The molecule has 84 valence electrons. The van der Waals surface area contributed by atoms with Crippen LogP contribution in [0.1, 0.15) is 53.4 Å². The summed E-state index contributed by atoms with van der Waals surface area (Å²) in [6.45, 7) is 9.78. The van der Waals surface area contributed by atoms with Gasteiger partial charge in [-0.15, -0.1) is 0 Å². The van der Waals surface area contributed by atoms with Gasteiger partial charge in [0, 0.05) is 0 Å². The number of hydrogen-bond donors (Lipinski definition) is 0. The largest absolute Gasteiger partial charge is 0.0678 e. The topological polar surface area (TPSA) is 0 Å². The van der Waals surface area contributed by atoms with Crippen molar-refractivity contribution in [2.24, 2.45) is 5.92 Å². The third-order valence-electron chi connectivity index (χ3n) is 4.98. The average Bonchev–Trinajstić information content (AvgIpc) is 2.27. The lowest BCUT2D eigenvalue weighted by molar-refractivity contribution is 0.390. The Morgan fingerprint density at radius 3 is 2.07 bits per heavy atom. The second-order valence-electron chi connectivity index (χ2n) is 5.14. The molecule has 1 heterocycles. The van der Waals surface area contributed by atoms with Crippen molar-refractivity contribution in [2.75, 3.05) is 0 Å². The average molecular weight is 212 g/mol. The van der Waals surface area contributed by atoms with Gasteiger partial charge in [0.1, 0.15) is 0 Å². The maximum Gasteiger partial charge on any atom is 0.0564 e. The lowest BCUT2D eigenvalue weighted by Crippen LogP contribution is -2.44. The molecule has 1 rings (SSSR count). The fraction of sp³-hybridized carbons (Fsp3) is 1.00. The van der Waals surface area contributed by atoms with E-state index < -0.39 is 8.07 Å². The van der Waals surface area contributed by atoms with E-state index in [-0.39, 0.29) is 0 Å². The van der Waals surface area contributed by atoms with Crippen LogP contribution in [-0.4, -0.2) is 8.07 Å². The number of rotatable bonds is 4. The second kappa shape index (κ2) is 5.34. The first-order valence-corrected chi connectivity index (χ1v) is 9.43. The summed E-state index contributed by atoms with van der Waals surface area (Å²) in [5, 5.41) is 0. The minimum atomic E-state index is -0.844. The summed E-state index contributed by atoms with van der Waals surface area (Å²) >= 11 is 0. The molecule has 1 fully saturated rings. The molecule has 0 N–H and O–H groups in total. The van der Waals surface area contributed by atoms with Gasteiger partial charge in [-0.3, -0.25) is 0 Å². The number of hydrogen-bond acceptors (Lipinski definition) is 0. The highest BCUT2D eigenvalue weighted by molar-refractivity contribution is 6.81. The Morgan fingerprint density at radius 2 is 1.64 bits per heavy atom. The Kier molecular flexibility index (Phi) is 4.69. The molecule has 0 spiro atoms. The molecule has 1 aliphatic rings. The summed E-state index contributed by atoms with van der Waals surface area (Å²) in [5.74, 6) is 1.08. The minimum absolute atomic E-state index is 0.844. The molecule has 14 heavy (non-hydrogen) atoms. The highest BCUT2D eigenvalue weighted by atomic mass is 28.3. The Balaban J connectivity index is 2.80. The standard InChI is InChI=1S/C13H28Si/c1-5-12-10-9-11-14(7-3,8-4)13(12)6-2/h12-13H,5-11H2,1-4H3. The van der Waals surface area contributed by atoms with E-state index in [1.807, 2.05) is 0 Å². The molecule has 0 saturated carbocycles. The highest BCUT2D eigenvalue weighted by Gasteiger charge is 2.42. The van der Waals surface area contributed by atoms with Crippen LogP contribution in [0.15, 0.2) is 0 Å². The highest BCUT2D eigenvalue weighted by Crippen LogP contribution is 2.48. The maximum absolute atomic E-state index is 2.47. The molecule has 2 unspecified atom stereocenters. The first-order chi connectivity index (χ1) is 6.74. The molecule has 0 bridgehead atoms. The van der Waals surface area contributed by atoms with Crippen LogP contribution in [-0.2, 0) is 0 Å². The van der Waals surface area contributed by atoms with E-state index >= 15 is 0 Å². The minimum Gasteiger partial charge on any atom is -0.0678 e. The second-order valence-corrected chi connectivity index (χ2v) is 10.5. The fourth-order valence-corrected chi connectivity index (χ4v) is 9.79. The van der Waals surface area contributed by atoms with Gasteiger partial charge in [-0.2, -0.15) is 0 Å².